The van der Waals surface area contributed by atoms with Gasteiger partial charge < -0.3 is 21.3 Å². The summed E-state index contributed by atoms with van der Waals surface area (Å²) in [6, 6.07) is 8.37. The Morgan fingerprint density at radius 3 is 1.88 bits per heavy atom. The average Bonchev–Trinajstić information content (AvgIpc) is 2.64. The Kier molecular flexibility index (Phi) is 11.5. The third-order valence-corrected chi connectivity index (χ3v) is 4.30. The lowest BCUT2D eigenvalue weighted by atomic mass is 10.0. The quantitative estimate of drug-likeness (QED) is 0.619. The molecule has 6 nitrogen and oxygen atoms in total. The fraction of sp³-hybridized carbons (Fsp3) is 0.579. The van der Waals surface area contributed by atoms with Gasteiger partial charge in [-0.2, -0.15) is 0 Å². The minimum atomic E-state index is -0.913. The molecule has 6 heteroatoms. The van der Waals surface area contributed by atoms with Gasteiger partial charge in [-0.05, 0) is 17.4 Å². The van der Waals surface area contributed by atoms with Crippen LogP contribution in [0, 0.1) is 11.8 Å². The summed E-state index contributed by atoms with van der Waals surface area (Å²) in [5, 5.41) is 8.36. The van der Waals surface area contributed by atoms with Gasteiger partial charge in [-0.25, -0.2) is 0 Å². The maximum atomic E-state index is 11.6. The summed E-state index contributed by atoms with van der Waals surface area (Å²) in [5.74, 6) is -1.01. The minimum Gasteiger partial charge on any atom is -0.480 e. The van der Waals surface area contributed by atoms with Gasteiger partial charge in [0.2, 0.25) is 0 Å². The Bertz CT molecular complexity index is 507. The number of aliphatic carboxylic acids is 1. The van der Waals surface area contributed by atoms with Crippen LogP contribution < -0.4 is 11.5 Å². The van der Waals surface area contributed by atoms with Gasteiger partial charge in [0, 0.05) is 0 Å². The molecule has 1 aromatic rings. The zero-order valence-corrected chi connectivity index (χ0v) is 15.6. The first-order valence-corrected chi connectivity index (χ1v) is 8.68. The van der Waals surface area contributed by atoms with Crippen LogP contribution in [0.1, 0.15) is 46.1 Å². The molecule has 1 aromatic carbocycles. The van der Waals surface area contributed by atoms with Gasteiger partial charge in [0.15, 0.2) is 0 Å². The summed E-state index contributed by atoms with van der Waals surface area (Å²) in [7, 11) is 0. The first-order valence-electron chi connectivity index (χ1n) is 8.68. The van der Waals surface area contributed by atoms with Crippen LogP contribution in [0.4, 0.5) is 0 Å². The number of carboxylic acids is 1. The topological polar surface area (TPSA) is 116 Å². The number of hydrogen-bond donors (Lipinski definition) is 3. The maximum absolute atomic E-state index is 11.6. The Morgan fingerprint density at radius 2 is 1.48 bits per heavy atom. The lowest BCUT2D eigenvalue weighted by Crippen LogP contribution is -2.37. The number of carboxylic acid groups (broad SMARTS) is 1. The van der Waals surface area contributed by atoms with E-state index in [0.29, 0.717) is 6.61 Å². The van der Waals surface area contributed by atoms with Crippen LogP contribution in [0.3, 0.4) is 0 Å². The van der Waals surface area contributed by atoms with Crippen molar-refractivity contribution in [2.24, 2.45) is 23.3 Å². The van der Waals surface area contributed by atoms with E-state index in [0.717, 1.165) is 18.4 Å². The summed E-state index contributed by atoms with van der Waals surface area (Å²) in [6.45, 7) is 8.01. The summed E-state index contributed by atoms with van der Waals surface area (Å²) < 4.78 is 5.15. The van der Waals surface area contributed by atoms with Crippen molar-refractivity contribution in [1.29, 1.82) is 0 Å². The number of carbonyl (C=O) groups excluding carboxylic acids is 1. The molecule has 0 unspecified atom stereocenters. The Labute approximate surface area is 150 Å². The van der Waals surface area contributed by atoms with Crippen LogP contribution in [0.2, 0.25) is 0 Å². The predicted octanol–water partition coefficient (Wildman–Crippen LogP) is 2.55. The maximum Gasteiger partial charge on any atom is 0.323 e. The molecule has 0 amide bonds. The Balaban J connectivity index is 0.000000547. The minimum absolute atomic E-state index is 0.0718. The number of benzene rings is 1. The molecule has 5 N–H and O–H groups in total. The van der Waals surface area contributed by atoms with E-state index < -0.39 is 18.1 Å². The molecule has 4 atom stereocenters. The van der Waals surface area contributed by atoms with E-state index >= 15 is 0 Å². The van der Waals surface area contributed by atoms with Crippen LogP contribution in [0.25, 0.3) is 0 Å². The number of rotatable bonds is 8. The zero-order valence-electron chi connectivity index (χ0n) is 15.6. The van der Waals surface area contributed by atoms with Crippen molar-refractivity contribution in [3.05, 3.63) is 35.9 Å². The van der Waals surface area contributed by atoms with Crippen LogP contribution in [-0.4, -0.2) is 29.1 Å². The molecule has 0 aliphatic heterocycles. The van der Waals surface area contributed by atoms with Crippen molar-refractivity contribution in [3.63, 3.8) is 0 Å². The van der Waals surface area contributed by atoms with Crippen molar-refractivity contribution in [2.75, 3.05) is 0 Å². The third kappa shape index (κ3) is 9.22. The fourth-order valence-electron chi connectivity index (χ4n) is 1.81. The number of ether oxygens (including phenoxy) is 1. The van der Waals surface area contributed by atoms with E-state index in [9.17, 15) is 9.59 Å². The largest absolute Gasteiger partial charge is 0.480 e. The highest BCUT2D eigenvalue weighted by Crippen LogP contribution is 2.08. The second-order valence-electron chi connectivity index (χ2n) is 6.25. The van der Waals surface area contributed by atoms with Gasteiger partial charge in [0.05, 0.1) is 0 Å². The molecule has 0 heterocycles. The molecule has 0 aliphatic carbocycles. The molecule has 25 heavy (non-hydrogen) atoms. The average molecular weight is 352 g/mol. The lowest BCUT2D eigenvalue weighted by Gasteiger charge is -2.16. The van der Waals surface area contributed by atoms with Gasteiger partial charge in [0.25, 0.3) is 0 Å². The smallest absolute Gasteiger partial charge is 0.323 e. The zero-order chi connectivity index (χ0) is 19.4. The summed E-state index contributed by atoms with van der Waals surface area (Å²) in [5.41, 5.74) is 12.0. The van der Waals surface area contributed by atoms with Gasteiger partial charge in [-0.1, -0.05) is 70.9 Å². The first-order chi connectivity index (χ1) is 11.7. The third-order valence-electron chi connectivity index (χ3n) is 4.30. The summed E-state index contributed by atoms with van der Waals surface area (Å²) in [4.78, 5) is 21.7. The molecule has 0 aromatic heterocycles. The number of hydrogen-bond acceptors (Lipinski definition) is 5. The SMILES string of the molecule is CC[C@H](C)[C@H](N)C(=O)O.CC[C@H](C)[C@H](N)C(=O)OCc1ccccc1. The van der Waals surface area contributed by atoms with E-state index in [4.69, 9.17) is 21.3 Å². The molecule has 0 saturated heterocycles. The second-order valence-corrected chi connectivity index (χ2v) is 6.25. The second kappa shape index (κ2) is 12.4. The number of nitrogens with two attached hydrogens (primary N) is 2. The molecule has 0 aliphatic rings. The van der Waals surface area contributed by atoms with Crippen LogP contribution >= 0.6 is 0 Å². The van der Waals surface area contributed by atoms with Crippen molar-refractivity contribution in [3.8, 4) is 0 Å². The molecular weight excluding hydrogens is 320 g/mol. The first kappa shape index (κ1) is 23.1. The normalized spacial score (nSPS) is 15.1. The van der Waals surface area contributed by atoms with E-state index in [1.807, 2.05) is 58.0 Å². The van der Waals surface area contributed by atoms with Gasteiger partial charge in [0.1, 0.15) is 18.7 Å². The van der Waals surface area contributed by atoms with E-state index in [-0.39, 0.29) is 17.8 Å². The fourth-order valence-corrected chi connectivity index (χ4v) is 1.81. The van der Waals surface area contributed by atoms with Crippen molar-refractivity contribution in [2.45, 2.75) is 59.2 Å². The van der Waals surface area contributed by atoms with Gasteiger partial charge in [-0.3, -0.25) is 9.59 Å². The molecule has 1 rings (SSSR count). The molecule has 0 saturated carbocycles. The predicted molar refractivity (Wildman–Crippen MR) is 98.7 cm³/mol. The lowest BCUT2D eigenvalue weighted by molar-refractivity contribution is -0.147. The molecule has 0 bridgehead atoms. The molecular formula is C19H32N2O4. The molecule has 0 radical (unpaired) electrons. The van der Waals surface area contributed by atoms with Gasteiger partial charge in [-0.15, -0.1) is 0 Å². The van der Waals surface area contributed by atoms with Crippen molar-refractivity contribution >= 4 is 11.9 Å². The van der Waals surface area contributed by atoms with Crippen molar-refractivity contribution in [1.82, 2.24) is 0 Å². The summed E-state index contributed by atoms with van der Waals surface area (Å²) >= 11 is 0. The highest BCUT2D eigenvalue weighted by atomic mass is 16.5. The molecule has 0 fully saturated rings. The number of esters is 1. The highest BCUT2D eigenvalue weighted by Gasteiger charge is 2.20. The van der Waals surface area contributed by atoms with E-state index in [1.54, 1.807) is 0 Å². The summed E-state index contributed by atoms with van der Waals surface area (Å²) in [6.07, 6.45) is 1.69. The Morgan fingerprint density at radius 1 is 1.00 bits per heavy atom. The van der Waals surface area contributed by atoms with E-state index in [2.05, 4.69) is 0 Å². The van der Waals surface area contributed by atoms with Gasteiger partial charge >= 0.3 is 11.9 Å². The van der Waals surface area contributed by atoms with E-state index in [1.165, 1.54) is 0 Å². The van der Waals surface area contributed by atoms with Crippen LogP contribution in [0.5, 0.6) is 0 Å². The van der Waals surface area contributed by atoms with Crippen LogP contribution in [0.15, 0.2) is 30.3 Å². The standard InChI is InChI=1S/C13H19NO2.C6H13NO2/c1-3-10(2)12(14)13(15)16-9-11-7-5-4-6-8-11;1-3-4(2)5(7)6(8)9/h4-8,10,12H,3,9,14H2,1-2H3;4-5H,3,7H2,1-2H3,(H,8,9)/t10-,12-;4-,5-/m00/s1. The number of carbonyl (C=O) groups is 2. The van der Waals surface area contributed by atoms with Crippen molar-refractivity contribution < 1.29 is 19.4 Å². The van der Waals surface area contributed by atoms with Crippen LogP contribution in [-0.2, 0) is 20.9 Å². The Hall–Kier alpha value is -1.92. The highest BCUT2D eigenvalue weighted by molar-refractivity contribution is 5.75. The molecule has 0 spiro atoms. The molecule has 142 valence electrons. The monoisotopic (exact) mass is 352 g/mol.